The Morgan fingerprint density at radius 2 is 1.90 bits per heavy atom. The Morgan fingerprint density at radius 1 is 1.21 bits per heavy atom. The molecule has 1 aliphatic carbocycles. The lowest BCUT2D eigenvalue weighted by atomic mass is 9.88. The first-order valence-electron chi connectivity index (χ1n) is 9.87. The van der Waals surface area contributed by atoms with Crippen molar-refractivity contribution in [3.63, 3.8) is 0 Å². The molecule has 0 saturated heterocycles. The average Bonchev–Trinajstić information content (AvgIpc) is 3.18. The molecule has 9 heteroatoms. The molecule has 1 fully saturated rings. The average molecular weight is 421 g/mol. The first-order chi connectivity index (χ1) is 13.5. The first kappa shape index (κ1) is 22.8. The van der Waals surface area contributed by atoms with Crippen molar-refractivity contribution in [1.29, 1.82) is 0 Å². The van der Waals surface area contributed by atoms with Gasteiger partial charge in [-0.2, -0.15) is 5.10 Å². The van der Waals surface area contributed by atoms with Crippen LogP contribution in [0.25, 0.3) is 11.4 Å². The predicted molar refractivity (Wildman–Crippen MR) is 114 cm³/mol. The van der Waals surface area contributed by atoms with E-state index < -0.39 is 0 Å². The zero-order chi connectivity index (χ0) is 19.9. The van der Waals surface area contributed by atoms with E-state index in [9.17, 15) is 9.59 Å². The Labute approximate surface area is 176 Å². The van der Waals surface area contributed by atoms with E-state index >= 15 is 0 Å². The Balaban J connectivity index is 0.00000300. The molecule has 29 heavy (non-hydrogen) atoms. The van der Waals surface area contributed by atoms with Crippen molar-refractivity contribution in [2.24, 2.45) is 11.7 Å². The lowest BCUT2D eigenvalue weighted by Gasteiger charge is -2.23. The molecule has 1 aromatic carbocycles. The number of halogens is 1. The number of aromatic amines is 1. The summed E-state index contributed by atoms with van der Waals surface area (Å²) in [6, 6.07) is 7.09. The van der Waals surface area contributed by atoms with Gasteiger partial charge in [0, 0.05) is 29.6 Å². The minimum absolute atomic E-state index is 0. The van der Waals surface area contributed by atoms with Gasteiger partial charge in [0.1, 0.15) is 5.82 Å². The molecule has 0 spiro atoms. The molecule has 0 radical (unpaired) electrons. The van der Waals surface area contributed by atoms with Gasteiger partial charge in [0.2, 0.25) is 11.8 Å². The summed E-state index contributed by atoms with van der Waals surface area (Å²) in [7, 11) is 0. The molecule has 5 N–H and O–H groups in total. The van der Waals surface area contributed by atoms with E-state index in [1.807, 2.05) is 19.1 Å². The number of rotatable bonds is 7. The summed E-state index contributed by atoms with van der Waals surface area (Å²) in [5.41, 5.74) is 7.05. The van der Waals surface area contributed by atoms with Gasteiger partial charge in [-0.25, -0.2) is 4.98 Å². The van der Waals surface area contributed by atoms with Gasteiger partial charge in [-0.1, -0.05) is 19.3 Å². The van der Waals surface area contributed by atoms with Gasteiger partial charge >= 0.3 is 0 Å². The highest BCUT2D eigenvalue weighted by Gasteiger charge is 2.22. The van der Waals surface area contributed by atoms with Gasteiger partial charge in [-0.15, -0.1) is 12.4 Å². The lowest BCUT2D eigenvalue weighted by molar-refractivity contribution is -0.126. The largest absolute Gasteiger partial charge is 0.353 e. The summed E-state index contributed by atoms with van der Waals surface area (Å²) in [5.74, 6) is 1.23. The molecule has 1 heterocycles. The van der Waals surface area contributed by atoms with Crippen LogP contribution in [-0.2, 0) is 16.1 Å². The Bertz CT molecular complexity index is 802. The molecule has 0 aliphatic heterocycles. The summed E-state index contributed by atoms with van der Waals surface area (Å²) in [4.78, 5) is 28.8. The van der Waals surface area contributed by atoms with Crippen molar-refractivity contribution >= 4 is 29.9 Å². The van der Waals surface area contributed by atoms with Gasteiger partial charge in [0.15, 0.2) is 5.82 Å². The maximum absolute atomic E-state index is 12.3. The molecule has 1 saturated carbocycles. The molecule has 8 nitrogen and oxygen atoms in total. The highest BCUT2D eigenvalue weighted by Crippen LogP contribution is 2.24. The van der Waals surface area contributed by atoms with Crippen molar-refractivity contribution in [2.75, 3.05) is 5.32 Å². The zero-order valence-electron chi connectivity index (χ0n) is 16.6. The van der Waals surface area contributed by atoms with E-state index in [1.54, 1.807) is 12.1 Å². The summed E-state index contributed by atoms with van der Waals surface area (Å²) in [6.07, 6.45) is 5.59. The lowest BCUT2D eigenvalue weighted by Crippen LogP contribution is -2.39. The summed E-state index contributed by atoms with van der Waals surface area (Å²) in [6.45, 7) is 2.16. The van der Waals surface area contributed by atoms with Crippen LogP contribution in [0.2, 0.25) is 0 Å². The van der Waals surface area contributed by atoms with Crippen molar-refractivity contribution in [3.05, 3.63) is 30.1 Å². The molecule has 1 unspecified atom stereocenters. The van der Waals surface area contributed by atoms with E-state index in [0.717, 1.165) is 31.2 Å². The normalized spacial score (nSPS) is 15.2. The fourth-order valence-corrected chi connectivity index (χ4v) is 3.48. The Morgan fingerprint density at radius 3 is 2.52 bits per heavy atom. The number of amides is 2. The third-order valence-corrected chi connectivity index (χ3v) is 5.01. The number of carbonyl (C=O) groups is 2. The predicted octanol–water partition coefficient (Wildman–Crippen LogP) is 2.77. The van der Waals surface area contributed by atoms with Crippen LogP contribution < -0.4 is 16.4 Å². The van der Waals surface area contributed by atoms with Crippen LogP contribution >= 0.6 is 12.4 Å². The highest BCUT2D eigenvalue weighted by atomic mass is 35.5. The fourth-order valence-electron chi connectivity index (χ4n) is 3.48. The molecule has 2 amide bonds. The highest BCUT2D eigenvalue weighted by molar-refractivity contribution is 5.91. The summed E-state index contributed by atoms with van der Waals surface area (Å²) in [5, 5.41) is 12.7. The molecular weight excluding hydrogens is 392 g/mol. The second-order valence-corrected chi connectivity index (χ2v) is 7.38. The van der Waals surface area contributed by atoms with Crippen LogP contribution in [0.5, 0.6) is 0 Å². The minimum Gasteiger partial charge on any atom is -0.353 e. The SMILES string of the molecule is CC(CC(=O)Nc1ccc(-c2n[nH]c(CN)n2)cc1)NC(=O)C1CCCCC1.Cl. The first-order valence-corrected chi connectivity index (χ1v) is 9.87. The molecule has 1 aromatic heterocycles. The number of H-pyrrole nitrogens is 1. The van der Waals surface area contributed by atoms with Gasteiger partial charge in [0.05, 0.1) is 6.54 Å². The third-order valence-electron chi connectivity index (χ3n) is 5.01. The van der Waals surface area contributed by atoms with E-state index in [0.29, 0.717) is 23.9 Å². The molecule has 1 atom stereocenters. The van der Waals surface area contributed by atoms with E-state index in [1.165, 1.54) is 6.42 Å². The van der Waals surface area contributed by atoms with E-state index in [4.69, 9.17) is 5.73 Å². The molecule has 158 valence electrons. The minimum atomic E-state index is -0.198. The summed E-state index contributed by atoms with van der Waals surface area (Å²) < 4.78 is 0. The van der Waals surface area contributed by atoms with Crippen LogP contribution in [0.15, 0.2) is 24.3 Å². The number of nitrogens with zero attached hydrogens (tertiary/aromatic N) is 2. The number of nitrogens with one attached hydrogen (secondary N) is 3. The third kappa shape index (κ3) is 6.54. The van der Waals surface area contributed by atoms with Gasteiger partial charge < -0.3 is 16.4 Å². The van der Waals surface area contributed by atoms with Gasteiger partial charge in [0.25, 0.3) is 0 Å². The Hall–Kier alpha value is -2.45. The second-order valence-electron chi connectivity index (χ2n) is 7.38. The van der Waals surface area contributed by atoms with Crippen LogP contribution in [0.4, 0.5) is 5.69 Å². The molecule has 0 bridgehead atoms. The van der Waals surface area contributed by atoms with Crippen molar-refractivity contribution in [3.8, 4) is 11.4 Å². The number of benzene rings is 1. The molecule has 3 rings (SSSR count). The van der Waals surface area contributed by atoms with E-state index in [-0.39, 0.29) is 42.6 Å². The standard InChI is InChI=1S/C20H28N6O2.ClH/c1-13(22-20(28)15-5-3-2-4-6-15)11-18(27)23-16-9-7-14(8-10-16)19-24-17(12-21)25-26-19;/h7-10,13,15H,2-6,11-12,21H2,1H3,(H,22,28)(H,23,27)(H,24,25,26);1H. The van der Waals surface area contributed by atoms with Crippen LogP contribution in [-0.4, -0.2) is 33.0 Å². The number of hydrogen-bond acceptors (Lipinski definition) is 5. The topological polar surface area (TPSA) is 126 Å². The maximum atomic E-state index is 12.3. The van der Waals surface area contributed by atoms with Crippen LogP contribution in [0.3, 0.4) is 0 Å². The number of anilines is 1. The van der Waals surface area contributed by atoms with Gasteiger partial charge in [-0.3, -0.25) is 14.7 Å². The number of nitrogens with two attached hydrogens (primary N) is 1. The van der Waals surface area contributed by atoms with Crippen molar-refractivity contribution in [1.82, 2.24) is 20.5 Å². The fraction of sp³-hybridized carbons (Fsp3) is 0.500. The number of carbonyl (C=O) groups excluding carboxylic acids is 2. The molecule has 2 aromatic rings. The summed E-state index contributed by atoms with van der Waals surface area (Å²) >= 11 is 0. The number of hydrogen-bond donors (Lipinski definition) is 4. The number of aromatic nitrogens is 3. The molecular formula is C20H29ClN6O2. The second kappa shape index (κ2) is 10.9. The van der Waals surface area contributed by atoms with Crippen molar-refractivity contribution in [2.45, 2.75) is 58.0 Å². The van der Waals surface area contributed by atoms with Crippen LogP contribution in [0, 0.1) is 5.92 Å². The van der Waals surface area contributed by atoms with Gasteiger partial charge in [-0.05, 0) is 44.0 Å². The quantitative estimate of drug-likeness (QED) is 0.547. The maximum Gasteiger partial charge on any atom is 0.226 e. The molecule has 1 aliphatic rings. The monoisotopic (exact) mass is 420 g/mol. The van der Waals surface area contributed by atoms with E-state index in [2.05, 4.69) is 25.8 Å². The Kier molecular flexibility index (Phi) is 8.60. The zero-order valence-corrected chi connectivity index (χ0v) is 17.4. The smallest absolute Gasteiger partial charge is 0.226 e. The van der Waals surface area contributed by atoms with Crippen molar-refractivity contribution < 1.29 is 9.59 Å². The van der Waals surface area contributed by atoms with Crippen LogP contribution in [0.1, 0.15) is 51.3 Å².